The van der Waals surface area contributed by atoms with Gasteiger partial charge in [-0.25, -0.2) is 4.79 Å². The van der Waals surface area contributed by atoms with Crippen molar-refractivity contribution < 1.29 is 19.1 Å². The molecule has 1 aromatic rings. The SMILES string of the molecule is CCOC(=O)C(C)(C)Oc1c(C)cc(CC=O)cc1C. The van der Waals surface area contributed by atoms with Gasteiger partial charge in [0, 0.05) is 6.42 Å². The summed E-state index contributed by atoms with van der Waals surface area (Å²) in [7, 11) is 0. The molecule has 0 N–H and O–H groups in total. The van der Waals surface area contributed by atoms with Gasteiger partial charge in [-0.15, -0.1) is 0 Å². The molecule has 1 aromatic carbocycles. The maximum absolute atomic E-state index is 11.9. The Labute approximate surface area is 120 Å². The van der Waals surface area contributed by atoms with Gasteiger partial charge in [-0.3, -0.25) is 0 Å². The summed E-state index contributed by atoms with van der Waals surface area (Å²) in [5, 5.41) is 0. The zero-order valence-corrected chi connectivity index (χ0v) is 12.8. The summed E-state index contributed by atoms with van der Waals surface area (Å²) in [6.07, 6.45) is 1.25. The zero-order valence-electron chi connectivity index (χ0n) is 12.8. The molecule has 0 aliphatic rings. The summed E-state index contributed by atoms with van der Waals surface area (Å²) < 4.78 is 10.9. The van der Waals surface area contributed by atoms with Crippen LogP contribution in [0.1, 0.15) is 37.5 Å². The highest BCUT2D eigenvalue weighted by Crippen LogP contribution is 2.29. The first-order chi connectivity index (χ1) is 9.31. The lowest BCUT2D eigenvalue weighted by Gasteiger charge is -2.26. The number of carbonyl (C=O) groups is 2. The maximum Gasteiger partial charge on any atom is 0.349 e. The van der Waals surface area contributed by atoms with Crippen molar-refractivity contribution >= 4 is 12.3 Å². The minimum atomic E-state index is -1.04. The first-order valence-electron chi connectivity index (χ1n) is 6.71. The van der Waals surface area contributed by atoms with Crippen LogP contribution in [0.25, 0.3) is 0 Å². The third-order valence-corrected chi connectivity index (χ3v) is 2.96. The van der Waals surface area contributed by atoms with E-state index in [1.807, 2.05) is 26.0 Å². The van der Waals surface area contributed by atoms with Crippen molar-refractivity contribution in [2.45, 2.75) is 46.6 Å². The fraction of sp³-hybridized carbons (Fsp3) is 0.500. The average Bonchev–Trinajstić information content (AvgIpc) is 2.34. The molecular formula is C16H22O4. The van der Waals surface area contributed by atoms with E-state index in [9.17, 15) is 9.59 Å². The van der Waals surface area contributed by atoms with E-state index in [-0.39, 0.29) is 0 Å². The van der Waals surface area contributed by atoms with E-state index < -0.39 is 11.6 Å². The van der Waals surface area contributed by atoms with E-state index in [1.54, 1.807) is 20.8 Å². The lowest BCUT2D eigenvalue weighted by molar-refractivity contribution is -0.158. The van der Waals surface area contributed by atoms with Crippen molar-refractivity contribution in [3.8, 4) is 5.75 Å². The summed E-state index contributed by atoms with van der Waals surface area (Å²) in [5.41, 5.74) is 1.70. The van der Waals surface area contributed by atoms with E-state index in [0.29, 0.717) is 18.8 Å². The Hall–Kier alpha value is -1.84. The maximum atomic E-state index is 11.9. The lowest BCUT2D eigenvalue weighted by Crippen LogP contribution is -2.40. The van der Waals surface area contributed by atoms with Crippen molar-refractivity contribution in [2.75, 3.05) is 6.61 Å². The highest BCUT2D eigenvalue weighted by molar-refractivity contribution is 5.79. The summed E-state index contributed by atoms with van der Waals surface area (Å²) >= 11 is 0. The average molecular weight is 278 g/mol. The lowest BCUT2D eigenvalue weighted by atomic mass is 10.0. The number of ether oxygens (including phenoxy) is 2. The topological polar surface area (TPSA) is 52.6 Å². The Bertz CT molecular complexity index is 480. The molecule has 0 heterocycles. The summed E-state index contributed by atoms with van der Waals surface area (Å²) in [6, 6.07) is 3.80. The van der Waals surface area contributed by atoms with E-state index in [4.69, 9.17) is 9.47 Å². The number of hydrogen-bond acceptors (Lipinski definition) is 4. The molecule has 0 atom stereocenters. The molecule has 4 nitrogen and oxygen atoms in total. The molecule has 0 radical (unpaired) electrons. The van der Waals surface area contributed by atoms with Crippen LogP contribution in [-0.4, -0.2) is 24.5 Å². The second-order valence-electron chi connectivity index (χ2n) is 5.26. The summed E-state index contributed by atoms with van der Waals surface area (Å²) in [5.74, 6) is 0.272. The van der Waals surface area contributed by atoms with Crippen LogP contribution < -0.4 is 4.74 Å². The van der Waals surface area contributed by atoms with Crippen molar-refractivity contribution in [3.63, 3.8) is 0 Å². The normalized spacial score (nSPS) is 11.1. The molecular weight excluding hydrogens is 256 g/mol. The van der Waals surface area contributed by atoms with Crippen molar-refractivity contribution in [1.29, 1.82) is 0 Å². The zero-order chi connectivity index (χ0) is 15.3. The van der Waals surface area contributed by atoms with Crippen LogP contribution in [0.5, 0.6) is 5.75 Å². The van der Waals surface area contributed by atoms with Gasteiger partial charge in [0.1, 0.15) is 12.0 Å². The molecule has 0 amide bonds. The van der Waals surface area contributed by atoms with Gasteiger partial charge in [0.25, 0.3) is 0 Å². The van der Waals surface area contributed by atoms with Crippen LogP contribution >= 0.6 is 0 Å². The van der Waals surface area contributed by atoms with E-state index in [1.165, 1.54) is 0 Å². The van der Waals surface area contributed by atoms with Gasteiger partial charge in [-0.2, -0.15) is 0 Å². The molecule has 1 rings (SSSR count). The fourth-order valence-electron chi connectivity index (χ4n) is 2.02. The Kier molecular flexibility index (Phi) is 5.31. The highest BCUT2D eigenvalue weighted by atomic mass is 16.6. The van der Waals surface area contributed by atoms with Gasteiger partial charge in [0.15, 0.2) is 5.60 Å². The van der Waals surface area contributed by atoms with E-state index >= 15 is 0 Å². The molecule has 0 saturated heterocycles. The molecule has 0 bridgehead atoms. The quantitative estimate of drug-likeness (QED) is 0.593. The van der Waals surface area contributed by atoms with Gasteiger partial charge in [-0.1, -0.05) is 12.1 Å². The van der Waals surface area contributed by atoms with Gasteiger partial charge >= 0.3 is 5.97 Å². The Morgan fingerprint density at radius 1 is 1.25 bits per heavy atom. The molecule has 0 spiro atoms. The minimum Gasteiger partial charge on any atom is -0.476 e. The molecule has 20 heavy (non-hydrogen) atoms. The standard InChI is InChI=1S/C16H22O4/c1-6-19-15(18)16(4,5)20-14-11(2)9-13(7-8-17)10-12(14)3/h8-10H,6-7H2,1-5H3. The van der Waals surface area contributed by atoms with Gasteiger partial charge in [0.05, 0.1) is 6.61 Å². The smallest absolute Gasteiger partial charge is 0.349 e. The molecule has 0 aromatic heterocycles. The van der Waals surface area contributed by atoms with Gasteiger partial charge in [-0.05, 0) is 51.3 Å². The molecule has 0 aliphatic carbocycles. The number of esters is 1. The highest BCUT2D eigenvalue weighted by Gasteiger charge is 2.32. The monoisotopic (exact) mass is 278 g/mol. The third kappa shape index (κ3) is 3.83. The van der Waals surface area contributed by atoms with Crippen LogP contribution in [0.2, 0.25) is 0 Å². The molecule has 0 saturated carbocycles. The Balaban J connectivity index is 3.03. The number of aldehydes is 1. The second kappa shape index (κ2) is 6.55. The summed E-state index contributed by atoms with van der Waals surface area (Å²) in [6.45, 7) is 9.25. The number of carbonyl (C=O) groups excluding carboxylic acids is 2. The van der Waals surface area contributed by atoms with Crippen LogP contribution in [0.15, 0.2) is 12.1 Å². The number of hydrogen-bond donors (Lipinski definition) is 0. The minimum absolute atomic E-state index is 0.321. The molecule has 0 aliphatic heterocycles. The predicted molar refractivity (Wildman–Crippen MR) is 77.0 cm³/mol. The van der Waals surface area contributed by atoms with Crippen LogP contribution in [0.4, 0.5) is 0 Å². The van der Waals surface area contributed by atoms with Crippen LogP contribution in [-0.2, 0) is 20.7 Å². The van der Waals surface area contributed by atoms with E-state index in [0.717, 1.165) is 23.0 Å². The van der Waals surface area contributed by atoms with Crippen molar-refractivity contribution in [3.05, 3.63) is 28.8 Å². The van der Waals surface area contributed by atoms with Crippen LogP contribution in [0, 0.1) is 13.8 Å². The fourth-order valence-corrected chi connectivity index (χ4v) is 2.02. The Morgan fingerprint density at radius 2 is 1.80 bits per heavy atom. The van der Waals surface area contributed by atoms with Crippen molar-refractivity contribution in [2.24, 2.45) is 0 Å². The third-order valence-electron chi connectivity index (χ3n) is 2.96. The molecule has 0 fully saturated rings. The largest absolute Gasteiger partial charge is 0.476 e. The van der Waals surface area contributed by atoms with Gasteiger partial charge in [0.2, 0.25) is 0 Å². The van der Waals surface area contributed by atoms with Crippen LogP contribution in [0.3, 0.4) is 0 Å². The Morgan fingerprint density at radius 3 is 2.25 bits per heavy atom. The molecule has 4 heteroatoms. The summed E-state index contributed by atoms with van der Waals surface area (Å²) in [4.78, 5) is 22.4. The van der Waals surface area contributed by atoms with Gasteiger partial charge < -0.3 is 14.3 Å². The second-order valence-corrected chi connectivity index (χ2v) is 5.26. The first kappa shape index (κ1) is 16.2. The number of rotatable bonds is 6. The first-order valence-corrected chi connectivity index (χ1v) is 6.71. The number of benzene rings is 1. The number of aryl methyl sites for hydroxylation is 2. The molecule has 110 valence electrons. The van der Waals surface area contributed by atoms with Crippen molar-refractivity contribution in [1.82, 2.24) is 0 Å². The van der Waals surface area contributed by atoms with E-state index in [2.05, 4.69) is 0 Å². The predicted octanol–water partition coefficient (Wildman–Crippen LogP) is 2.77. The molecule has 0 unspecified atom stereocenters.